The van der Waals surface area contributed by atoms with Crippen LogP contribution in [-0.2, 0) is 0 Å². The van der Waals surface area contributed by atoms with Crippen molar-refractivity contribution in [2.45, 2.75) is 6.92 Å². The minimum absolute atomic E-state index is 0.470. The fourth-order valence-electron chi connectivity index (χ4n) is 1.17. The van der Waals surface area contributed by atoms with Crippen LogP contribution >= 0.6 is 27.5 Å². The Kier molecular flexibility index (Phi) is 2.56. The number of hydrogen-bond donors (Lipinski definition) is 0. The molecule has 0 saturated heterocycles. The van der Waals surface area contributed by atoms with E-state index in [4.69, 9.17) is 11.6 Å². The molecule has 0 amide bonds. The van der Waals surface area contributed by atoms with Crippen LogP contribution in [0.25, 0.3) is 5.69 Å². The lowest BCUT2D eigenvalue weighted by atomic mass is 10.3. The van der Waals surface area contributed by atoms with E-state index in [9.17, 15) is 0 Å². The fraction of sp³-hybridized carbons (Fsp3) is 0.111. The Morgan fingerprint density at radius 3 is 2.86 bits per heavy atom. The first-order chi connectivity index (χ1) is 6.66. The molecule has 2 aromatic rings. The van der Waals surface area contributed by atoms with Crippen molar-refractivity contribution in [3.05, 3.63) is 39.8 Å². The number of halogens is 2. The molecule has 14 heavy (non-hydrogen) atoms. The second-order valence-corrected chi connectivity index (χ2v) is 4.20. The van der Waals surface area contributed by atoms with Gasteiger partial charge in [-0.15, -0.1) is 0 Å². The molecule has 0 aliphatic carbocycles. The van der Waals surface area contributed by atoms with Crippen LogP contribution in [0, 0.1) is 6.92 Å². The third-order valence-corrected chi connectivity index (χ3v) is 2.46. The highest BCUT2D eigenvalue weighted by atomic mass is 79.9. The molecule has 0 radical (unpaired) electrons. The second-order valence-electron chi connectivity index (χ2n) is 2.90. The summed E-state index contributed by atoms with van der Waals surface area (Å²) in [4.78, 5) is 3.98. The van der Waals surface area contributed by atoms with E-state index >= 15 is 0 Å². The molecule has 0 saturated carbocycles. The molecule has 2 rings (SSSR count). The van der Waals surface area contributed by atoms with Crippen molar-refractivity contribution in [1.29, 1.82) is 0 Å². The van der Waals surface area contributed by atoms with E-state index in [1.165, 1.54) is 0 Å². The lowest BCUT2D eigenvalue weighted by Crippen LogP contribution is -1.97. The van der Waals surface area contributed by atoms with E-state index in [0.717, 1.165) is 15.7 Å². The topological polar surface area (TPSA) is 30.7 Å². The van der Waals surface area contributed by atoms with Gasteiger partial charge in [-0.05, 0) is 28.4 Å². The van der Waals surface area contributed by atoms with Crippen LogP contribution < -0.4 is 0 Å². The van der Waals surface area contributed by atoms with Crippen molar-refractivity contribution in [1.82, 2.24) is 14.8 Å². The number of aryl methyl sites for hydroxylation is 1. The standard InChI is InChI=1S/C9H7BrClN3/c1-6-3-12-9(11)2-8(6)14-5-7(10)4-13-14/h2-5H,1H3. The van der Waals surface area contributed by atoms with Gasteiger partial charge in [-0.1, -0.05) is 11.6 Å². The van der Waals surface area contributed by atoms with Gasteiger partial charge in [0.1, 0.15) is 5.15 Å². The minimum atomic E-state index is 0.470. The van der Waals surface area contributed by atoms with Crippen molar-refractivity contribution in [2.24, 2.45) is 0 Å². The molecular formula is C9H7BrClN3. The van der Waals surface area contributed by atoms with E-state index in [0.29, 0.717) is 5.15 Å². The van der Waals surface area contributed by atoms with Gasteiger partial charge in [0.05, 0.1) is 16.4 Å². The first-order valence-electron chi connectivity index (χ1n) is 3.99. The highest BCUT2D eigenvalue weighted by Crippen LogP contribution is 2.18. The molecule has 0 N–H and O–H groups in total. The normalized spacial score (nSPS) is 10.5. The first kappa shape index (κ1) is 9.68. The monoisotopic (exact) mass is 271 g/mol. The maximum absolute atomic E-state index is 5.81. The minimum Gasteiger partial charge on any atom is -0.244 e. The molecule has 0 aliphatic rings. The van der Waals surface area contributed by atoms with E-state index in [1.807, 2.05) is 13.1 Å². The average molecular weight is 273 g/mol. The van der Waals surface area contributed by atoms with Gasteiger partial charge < -0.3 is 0 Å². The summed E-state index contributed by atoms with van der Waals surface area (Å²) in [6.45, 7) is 1.97. The van der Waals surface area contributed by atoms with Crippen LogP contribution in [0.4, 0.5) is 0 Å². The molecule has 2 heterocycles. The fourth-order valence-corrected chi connectivity index (χ4v) is 1.61. The molecule has 0 aliphatic heterocycles. The zero-order valence-electron chi connectivity index (χ0n) is 7.41. The summed E-state index contributed by atoms with van der Waals surface area (Å²) in [6.07, 6.45) is 5.33. The smallest absolute Gasteiger partial charge is 0.131 e. The quantitative estimate of drug-likeness (QED) is 0.747. The van der Waals surface area contributed by atoms with Gasteiger partial charge in [-0.3, -0.25) is 0 Å². The highest BCUT2D eigenvalue weighted by Gasteiger charge is 2.04. The highest BCUT2D eigenvalue weighted by molar-refractivity contribution is 9.10. The zero-order chi connectivity index (χ0) is 10.1. The Hall–Kier alpha value is -0.870. The van der Waals surface area contributed by atoms with Crippen molar-refractivity contribution in [3.8, 4) is 5.69 Å². The Bertz CT molecular complexity index is 467. The van der Waals surface area contributed by atoms with Crippen molar-refractivity contribution in [2.75, 3.05) is 0 Å². The number of nitrogens with zero attached hydrogens (tertiary/aromatic N) is 3. The number of pyridine rings is 1. The summed E-state index contributed by atoms with van der Waals surface area (Å²) in [5.74, 6) is 0. The molecule has 2 aromatic heterocycles. The third kappa shape index (κ3) is 1.81. The molecule has 5 heteroatoms. The maximum Gasteiger partial charge on any atom is 0.131 e. The van der Waals surface area contributed by atoms with Crippen LogP contribution in [0.1, 0.15) is 5.56 Å². The molecule has 0 aromatic carbocycles. The van der Waals surface area contributed by atoms with Gasteiger partial charge in [-0.25, -0.2) is 9.67 Å². The maximum atomic E-state index is 5.81. The molecular weight excluding hydrogens is 265 g/mol. The molecule has 0 fully saturated rings. The molecule has 0 bridgehead atoms. The molecule has 3 nitrogen and oxygen atoms in total. The van der Waals surface area contributed by atoms with E-state index in [1.54, 1.807) is 23.1 Å². The van der Waals surface area contributed by atoms with Gasteiger partial charge in [0.15, 0.2) is 0 Å². The van der Waals surface area contributed by atoms with Gasteiger partial charge >= 0.3 is 0 Å². The number of rotatable bonds is 1. The summed E-state index contributed by atoms with van der Waals surface area (Å²) in [7, 11) is 0. The lowest BCUT2D eigenvalue weighted by Gasteiger charge is -2.04. The summed E-state index contributed by atoms with van der Waals surface area (Å²) in [5.41, 5.74) is 1.97. The largest absolute Gasteiger partial charge is 0.244 e. The average Bonchev–Trinajstić information content (AvgIpc) is 2.56. The Morgan fingerprint density at radius 2 is 2.21 bits per heavy atom. The first-order valence-corrected chi connectivity index (χ1v) is 5.16. The van der Waals surface area contributed by atoms with Gasteiger partial charge in [0, 0.05) is 18.5 Å². The number of hydrogen-bond acceptors (Lipinski definition) is 2. The summed E-state index contributed by atoms with van der Waals surface area (Å²) < 4.78 is 2.69. The number of aromatic nitrogens is 3. The summed E-state index contributed by atoms with van der Waals surface area (Å²) in [6, 6.07) is 1.79. The van der Waals surface area contributed by atoms with Gasteiger partial charge in [0.25, 0.3) is 0 Å². The third-order valence-electron chi connectivity index (χ3n) is 1.84. The zero-order valence-corrected chi connectivity index (χ0v) is 9.75. The SMILES string of the molecule is Cc1cnc(Cl)cc1-n1cc(Br)cn1. The van der Waals surface area contributed by atoms with Crippen LogP contribution in [-0.4, -0.2) is 14.8 Å². The van der Waals surface area contributed by atoms with Gasteiger partial charge in [0.2, 0.25) is 0 Å². The van der Waals surface area contributed by atoms with Crippen LogP contribution in [0.5, 0.6) is 0 Å². The van der Waals surface area contributed by atoms with Gasteiger partial charge in [-0.2, -0.15) is 5.10 Å². The van der Waals surface area contributed by atoms with Crippen molar-refractivity contribution >= 4 is 27.5 Å². The summed E-state index contributed by atoms with van der Waals surface area (Å²) in [5, 5.41) is 4.64. The predicted molar refractivity (Wildman–Crippen MR) is 58.8 cm³/mol. The van der Waals surface area contributed by atoms with Crippen LogP contribution in [0.3, 0.4) is 0 Å². The second kappa shape index (κ2) is 3.71. The lowest BCUT2D eigenvalue weighted by molar-refractivity contribution is 0.869. The predicted octanol–water partition coefficient (Wildman–Crippen LogP) is 2.99. The Labute approximate surface area is 94.9 Å². The van der Waals surface area contributed by atoms with Crippen LogP contribution in [0.2, 0.25) is 5.15 Å². The van der Waals surface area contributed by atoms with E-state index < -0.39 is 0 Å². The molecule has 0 unspecified atom stereocenters. The Balaban J connectivity index is 2.55. The van der Waals surface area contributed by atoms with Crippen LogP contribution in [0.15, 0.2) is 29.1 Å². The summed E-state index contributed by atoms with van der Waals surface area (Å²) >= 11 is 9.15. The van der Waals surface area contributed by atoms with E-state index in [-0.39, 0.29) is 0 Å². The Morgan fingerprint density at radius 1 is 1.43 bits per heavy atom. The van der Waals surface area contributed by atoms with Crippen molar-refractivity contribution in [3.63, 3.8) is 0 Å². The molecule has 0 spiro atoms. The molecule has 0 atom stereocenters. The van der Waals surface area contributed by atoms with E-state index in [2.05, 4.69) is 26.0 Å². The van der Waals surface area contributed by atoms with Crippen molar-refractivity contribution < 1.29 is 0 Å². The molecule has 72 valence electrons.